The Labute approximate surface area is 154 Å². The third kappa shape index (κ3) is 6.98. The Morgan fingerprint density at radius 1 is 1.16 bits per heavy atom. The number of rotatable bonds is 7. The first-order valence-corrected chi connectivity index (χ1v) is 10.1. The lowest BCUT2D eigenvalue weighted by molar-refractivity contribution is 0.0900. The van der Waals surface area contributed by atoms with Crippen LogP contribution in [0.25, 0.3) is 0 Å². The minimum Gasteiger partial charge on any atom is -0.356 e. The molecular weight excluding hydrogens is 310 g/mol. The van der Waals surface area contributed by atoms with Crippen molar-refractivity contribution >= 4 is 5.96 Å². The smallest absolute Gasteiger partial charge is 0.191 e. The van der Waals surface area contributed by atoms with E-state index in [-0.39, 0.29) is 0 Å². The van der Waals surface area contributed by atoms with Gasteiger partial charge in [-0.1, -0.05) is 25.5 Å². The van der Waals surface area contributed by atoms with Crippen molar-refractivity contribution in [3.8, 4) is 0 Å². The summed E-state index contributed by atoms with van der Waals surface area (Å²) in [5, 5.41) is 7.05. The predicted molar refractivity (Wildman–Crippen MR) is 108 cm³/mol. The number of guanidine groups is 1. The highest BCUT2D eigenvalue weighted by atomic mass is 15.3. The normalized spacial score (nSPS) is 22.0. The molecule has 2 N–H and O–H groups in total. The van der Waals surface area contributed by atoms with E-state index in [4.69, 9.17) is 0 Å². The lowest BCUT2D eigenvalue weighted by Crippen LogP contribution is -2.55. The van der Waals surface area contributed by atoms with Gasteiger partial charge in [-0.15, -0.1) is 0 Å². The van der Waals surface area contributed by atoms with Crippen molar-refractivity contribution in [2.24, 2.45) is 10.9 Å². The van der Waals surface area contributed by atoms with E-state index in [2.05, 4.69) is 52.4 Å². The van der Waals surface area contributed by atoms with Crippen molar-refractivity contribution in [2.75, 3.05) is 53.4 Å². The SMILES string of the molecule is CN=C(NCCC1=CCCCC1)NCC(C(C)C)N1CCN(C)CC1. The number of allylic oxidation sites excluding steroid dienone is 1. The Morgan fingerprint density at radius 2 is 1.92 bits per heavy atom. The minimum absolute atomic E-state index is 0.563. The molecule has 1 atom stereocenters. The van der Waals surface area contributed by atoms with E-state index in [9.17, 15) is 0 Å². The fourth-order valence-electron chi connectivity index (χ4n) is 3.84. The second-order valence-electron chi connectivity index (χ2n) is 7.89. The molecule has 0 bridgehead atoms. The molecule has 2 rings (SSSR count). The van der Waals surface area contributed by atoms with Gasteiger partial charge in [-0.05, 0) is 45.1 Å². The van der Waals surface area contributed by atoms with Crippen molar-refractivity contribution in [2.45, 2.75) is 52.0 Å². The van der Waals surface area contributed by atoms with Crippen LogP contribution in [-0.4, -0.2) is 75.2 Å². The maximum Gasteiger partial charge on any atom is 0.191 e. The minimum atomic E-state index is 0.563. The number of likely N-dealkylation sites (N-methyl/N-ethyl adjacent to an activating group) is 1. The number of hydrogen-bond acceptors (Lipinski definition) is 3. The van der Waals surface area contributed by atoms with Gasteiger partial charge in [0, 0.05) is 52.4 Å². The summed E-state index contributed by atoms with van der Waals surface area (Å²) in [4.78, 5) is 9.46. The molecule has 0 spiro atoms. The Hall–Kier alpha value is -1.07. The van der Waals surface area contributed by atoms with E-state index in [1.807, 2.05) is 7.05 Å². The lowest BCUT2D eigenvalue weighted by atomic mass is 9.97. The molecule has 1 saturated heterocycles. The molecule has 0 aromatic heterocycles. The van der Waals surface area contributed by atoms with Gasteiger partial charge in [-0.3, -0.25) is 9.89 Å². The van der Waals surface area contributed by atoms with Crippen molar-refractivity contribution in [1.82, 2.24) is 20.4 Å². The fraction of sp³-hybridized carbons (Fsp3) is 0.850. The molecular formula is C20H39N5. The zero-order chi connectivity index (χ0) is 18.1. The summed E-state index contributed by atoms with van der Waals surface area (Å²) in [6.45, 7) is 11.3. The van der Waals surface area contributed by atoms with E-state index >= 15 is 0 Å². The second-order valence-corrected chi connectivity index (χ2v) is 7.89. The van der Waals surface area contributed by atoms with Gasteiger partial charge in [0.2, 0.25) is 0 Å². The van der Waals surface area contributed by atoms with Crippen LogP contribution < -0.4 is 10.6 Å². The summed E-state index contributed by atoms with van der Waals surface area (Å²) >= 11 is 0. The Bertz CT molecular complexity index is 435. The van der Waals surface area contributed by atoms with E-state index in [0.29, 0.717) is 12.0 Å². The van der Waals surface area contributed by atoms with E-state index in [0.717, 1.165) is 25.5 Å². The Balaban J connectivity index is 1.74. The van der Waals surface area contributed by atoms with E-state index in [1.165, 1.54) is 51.9 Å². The molecule has 1 unspecified atom stereocenters. The van der Waals surface area contributed by atoms with Gasteiger partial charge >= 0.3 is 0 Å². The maximum atomic E-state index is 4.41. The predicted octanol–water partition coefficient (Wildman–Crippen LogP) is 2.31. The molecule has 0 amide bonds. The zero-order valence-corrected chi connectivity index (χ0v) is 16.9. The quantitative estimate of drug-likeness (QED) is 0.420. The molecule has 0 aromatic carbocycles. The van der Waals surface area contributed by atoms with E-state index in [1.54, 1.807) is 5.57 Å². The van der Waals surface area contributed by atoms with Gasteiger partial charge < -0.3 is 15.5 Å². The summed E-state index contributed by atoms with van der Waals surface area (Å²) < 4.78 is 0. The number of piperazine rings is 1. The zero-order valence-electron chi connectivity index (χ0n) is 16.9. The van der Waals surface area contributed by atoms with Crippen molar-refractivity contribution in [1.29, 1.82) is 0 Å². The molecule has 0 saturated carbocycles. The Morgan fingerprint density at radius 3 is 2.52 bits per heavy atom. The highest BCUT2D eigenvalue weighted by Crippen LogP contribution is 2.19. The molecule has 1 aliphatic heterocycles. The van der Waals surface area contributed by atoms with Crippen LogP contribution in [0.5, 0.6) is 0 Å². The van der Waals surface area contributed by atoms with Gasteiger partial charge in [0.25, 0.3) is 0 Å². The molecule has 2 aliphatic rings. The number of hydrogen-bond donors (Lipinski definition) is 2. The summed E-state index contributed by atoms with van der Waals surface area (Å²) in [5.74, 6) is 1.58. The van der Waals surface area contributed by atoms with Crippen LogP contribution in [0.3, 0.4) is 0 Å². The van der Waals surface area contributed by atoms with Crippen molar-refractivity contribution in [3.05, 3.63) is 11.6 Å². The molecule has 0 radical (unpaired) electrons. The third-order valence-corrected chi connectivity index (χ3v) is 5.60. The molecule has 1 aliphatic carbocycles. The molecule has 5 heteroatoms. The summed E-state index contributed by atoms with van der Waals surface area (Å²) in [7, 11) is 4.09. The molecule has 0 aromatic rings. The number of nitrogens with zero attached hydrogens (tertiary/aromatic N) is 3. The highest BCUT2D eigenvalue weighted by molar-refractivity contribution is 5.79. The average Bonchev–Trinajstić information content (AvgIpc) is 2.62. The van der Waals surface area contributed by atoms with Crippen LogP contribution in [0.4, 0.5) is 0 Å². The van der Waals surface area contributed by atoms with Gasteiger partial charge in [0.1, 0.15) is 0 Å². The van der Waals surface area contributed by atoms with Crippen LogP contribution in [0, 0.1) is 5.92 Å². The highest BCUT2D eigenvalue weighted by Gasteiger charge is 2.25. The lowest BCUT2D eigenvalue weighted by Gasteiger charge is -2.40. The first-order chi connectivity index (χ1) is 12.1. The average molecular weight is 350 g/mol. The first-order valence-electron chi connectivity index (χ1n) is 10.1. The maximum absolute atomic E-state index is 4.41. The van der Waals surface area contributed by atoms with Crippen molar-refractivity contribution < 1.29 is 0 Å². The van der Waals surface area contributed by atoms with Crippen LogP contribution in [0.1, 0.15) is 46.0 Å². The molecule has 25 heavy (non-hydrogen) atoms. The Kier molecular flexibility index (Phi) is 8.76. The molecule has 144 valence electrons. The standard InChI is InChI=1S/C20H39N5/c1-17(2)19(25-14-12-24(4)13-15-25)16-23-20(21-3)22-11-10-18-8-6-5-7-9-18/h8,17,19H,5-7,9-16H2,1-4H3,(H2,21,22,23). The van der Waals surface area contributed by atoms with Gasteiger partial charge in [-0.25, -0.2) is 0 Å². The van der Waals surface area contributed by atoms with E-state index < -0.39 is 0 Å². The second kappa shape index (κ2) is 10.8. The number of nitrogens with one attached hydrogen (secondary N) is 2. The summed E-state index contributed by atoms with van der Waals surface area (Å²) in [5.41, 5.74) is 1.62. The first kappa shape index (κ1) is 20.2. The topological polar surface area (TPSA) is 42.9 Å². The fourth-order valence-corrected chi connectivity index (χ4v) is 3.84. The van der Waals surface area contributed by atoms with Crippen LogP contribution in [-0.2, 0) is 0 Å². The van der Waals surface area contributed by atoms with Gasteiger partial charge in [0.15, 0.2) is 5.96 Å². The summed E-state index contributed by atoms with van der Waals surface area (Å²) in [6.07, 6.45) is 8.86. The molecule has 5 nitrogen and oxygen atoms in total. The van der Waals surface area contributed by atoms with Gasteiger partial charge in [-0.2, -0.15) is 0 Å². The number of aliphatic imine (C=N–C) groups is 1. The summed E-state index contributed by atoms with van der Waals surface area (Å²) in [6, 6.07) is 0.563. The third-order valence-electron chi connectivity index (χ3n) is 5.60. The van der Waals surface area contributed by atoms with Gasteiger partial charge in [0.05, 0.1) is 0 Å². The van der Waals surface area contributed by atoms with Crippen LogP contribution >= 0.6 is 0 Å². The monoisotopic (exact) mass is 349 g/mol. The molecule has 1 fully saturated rings. The van der Waals surface area contributed by atoms with Crippen molar-refractivity contribution in [3.63, 3.8) is 0 Å². The molecule has 1 heterocycles. The van der Waals surface area contributed by atoms with Crippen LogP contribution in [0.15, 0.2) is 16.6 Å². The van der Waals surface area contributed by atoms with Crippen LogP contribution in [0.2, 0.25) is 0 Å². The largest absolute Gasteiger partial charge is 0.356 e.